The number of amides is 2. The van der Waals surface area contributed by atoms with Crippen LogP contribution in [0.15, 0.2) is 36.4 Å². The van der Waals surface area contributed by atoms with Crippen LogP contribution in [0.4, 0.5) is 5.82 Å². The number of aryl methyl sites for hydroxylation is 1. The molecule has 2 heterocycles. The van der Waals surface area contributed by atoms with Crippen LogP contribution < -0.4 is 5.32 Å². The van der Waals surface area contributed by atoms with Gasteiger partial charge >= 0.3 is 0 Å². The summed E-state index contributed by atoms with van der Waals surface area (Å²) in [5.74, 6) is 1.48. The Labute approximate surface area is 178 Å². The standard InChI is InChI=1S/C23H31N5O2/c1-17(29)27(3)16-19-15-21(24-2)26-23(25-19)20-11-7-8-14-28(20)22(30)13-12-18-9-5-4-6-10-18/h4-6,9-10,15,20H,7-8,11-14,16H2,1-3H3,(H,24,25,26). The van der Waals surface area contributed by atoms with Crippen LogP contribution >= 0.6 is 0 Å². The molecule has 1 unspecified atom stereocenters. The van der Waals surface area contributed by atoms with Crippen LogP contribution in [0.1, 0.15) is 55.7 Å². The highest BCUT2D eigenvalue weighted by Crippen LogP contribution is 2.30. The second-order valence-corrected chi connectivity index (χ2v) is 7.81. The molecule has 2 aromatic rings. The molecule has 1 aliphatic rings. The normalized spacial score (nSPS) is 16.2. The molecule has 3 rings (SSSR count). The van der Waals surface area contributed by atoms with Crippen molar-refractivity contribution in [2.45, 2.75) is 51.6 Å². The maximum Gasteiger partial charge on any atom is 0.223 e. The number of aromatic nitrogens is 2. The number of benzene rings is 1. The Bertz CT molecular complexity index is 871. The van der Waals surface area contributed by atoms with E-state index < -0.39 is 0 Å². The molecule has 0 radical (unpaired) electrons. The molecule has 1 aliphatic heterocycles. The van der Waals surface area contributed by atoms with E-state index in [0.29, 0.717) is 24.6 Å². The Morgan fingerprint density at radius 2 is 1.97 bits per heavy atom. The number of carbonyl (C=O) groups is 2. The molecule has 30 heavy (non-hydrogen) atoms. The molecule has 1 aromatic carbocycles. The van der Waals surface area contributed by atoms with E-state index in [9.17, 15) is 9.59 Å². The number of hydrogen-bond donors (Lipinski definition) is 1. The lowest BCUT2D eigenvalue weighted by Crippen LogP contribution is -2.39. The fourth-order valence-corrected chi connectivity index (χ4v) is 3.77. The van der Waals surface area contributed by atoms with E-state index in [1.54, 1.807) is 11.9 Å². The first-order valence-corrected chi connectivity index (χ1v) is 10.6. The molecule has 1 atom stereocenters. The van der Waals surface area contributed by atoms with E-state index in [1.165, 1.54) is 12.5 Å². The van der Waals surface area contributed by atoms with E-state index in [4.69, 9.17) is 4.98 Å². The Morgan fingerprint density at radius 3 is 2.67 bits per heavy atom. The van der Waals surface area contributed by atoms with Gasteiger partial charge in [0.2, 0.25) is 11.8 Å². The van der Waals surface area contributed by atoms with Crippen LogP contribution in [0.25, 0.3) is 0 Å². The van der Waals surface area contributed by atoms with Crippen molar-refractivity contribution >= 4 is 17.6 Å². The van der Waals surface area contributed by atoms with E-state index in [-0.39, 0.29) is 17.9 Å². The minimum atomic E-state index is -0.128. The van der Waals surface area contributed by atoms with Gasteiger partial charge in [-0.25, -0.2) is 9.97 Å². The number of likely N-dealkylation sites (tertiary alicyclic amines) is 1. The van der Waals surface area contributed by atoms with Gasteiger partial charge in [0.1, 0.15) is 5.82 Å². The van der Waals surface area contributed by atoms with Gasteiger partial charge in [0.25, 0.3) is 0 Å². The van der Waals surface area contributed by atoms with Crippen molar-refractivity contribution in [2.75, 3.05) is 26.0 Å². The van der Waals surface area contributed by atoms with Gasteiger partial charge in [0.15, 0.2) is 5.82 Å². The first-order chi connectivity index (χ1) is 14.5. The van der Waals surface area contributed by atoms with Crippen molar-refractivity contribution in [1.29, 1.82) is 0 Å². The monoisotopic (exact) mass is 409 g/mol. The first-order valence-electron chi connectivity index (χ1n) is 10.6. The van der Waals surface area contributed by atoms with Crippen LogP contribution in [-0.4, -0.2) is 52.2 Å². The first kappa shape index (κ1) is 21.7. The Morgan fingerprint density at radius 1 is 1.20 bits per heavy atom. The Balaban J connectivity index is 1.78. The number of piperidine rings is 1. The summed E-state index contributed by atoms with van der Waals surface area (Å²) in [5.41, 5.74) is 1.94. The second kappa shape index (κ2) is 10.2. The number of rotatable bonds is 7. The molecule has 0 spiro atoms. The van der Waals surface area contributed by atoms with Gasteiger partial charge in [0.05, 0.1) is 18.3 Å². The molecule has 2 amide bonds. The third kappa shape index (κ3) is 5.55. The second-order valence-electron chi connectivity index (χ2n) is 7.81. The van der Waals surface area contributed by atoms with Crippen molar-refractivity contribution < 1.29 is 9.59 Å². The molecule has 0 saturated carbocycles. The van der Waals surface area contributed by atoms with E-state index in [2.05, 4.69) is 22.4 Å². The summed E-state index contributed by atoms with van der Waals surface area (Å²) in [6.45, 7) is 2.68. The smallest absolute Gasteiger partial charge is 0.223 e. The number of nitrogens with zero attached hydrogens (tertiary/aromatic N) is 4. The maximum absolute atomic E-state index is 13.1. The predicted octanol–water partition coefficient (Wildman–Crippen LogP) is 3.18. The molecule has 0 bridgehead atoms. The van der Waals surface area contributed by atoms with Crippen molar-refractivity contribution in [2.24, 2.45) is 0 Å². The van der Waals surface area contributed by atoms with Gasteiger partial charge in [-0.3, -0.25) is 9.59 Å². The largest absolute Gasteiger partial charge is 0.373 e. The lowest BCUT2D eigenvalue weighted by Gasteiger charge is -2.35. The Hall–Kier alpha value is -2.96. The van der Waals surface area contributed by atoms with Gasteiger partial charge in [-0.2, -0.15) is 0 Å². The summed E-state index contributed by atoms with van der Waals surface area (Å²) in [7, 11) is 3.57. The quantitative estimate of drug-likeness (QED) is 0.760. The Kier molecular flexibility index (Phi) is 7.38. The van der Waals surface area contributed by atoms with E-state index in [1.807, 2.05) is 36.2 Å². The minimum Gasteiger partial charge on any atom is -0.373 e. The molecule has 1 aromatic heterocycles. The molecule has 1 fully saturated rings. The number of nitrogens with one attached hydrogen (secondary N) is 1. The summed E-state index contributed by atoms with van der Waals surface area (Å²) < 4.78 is 0. The molecule has 7 heteroatoms. The van der Waals surface area contributed by atoms with Crippen molar-refractivity contribution in [1.82, 2.24) is 19.8 Å². The summed E-state index contributed by atoms with van der Waals surface area (Å²) in [6, 6.07) is 11.8. The highest BCUT2D eigenvalue weighted by Gasteiger charge is 2.30. The zero-order valence-electron chi connectivity index (χ0n) is 18.1. The van der Waals surface area contributed by atoms with Gasteiger partial charge in [-0.1, -0.05) is 30.3 Å². The van der Waals surface area contributed by atoms with Crippen molar-refractivity contribution in [3.63, 3.8) is 0 Å². The zero-order chi connectivity index (χ0) is 21.5. The highest BCUT2D eigenvalue weighted by atomic mass is 16.2. The molecule has 0 aliphatic carbocycles. The fourth-order valence-electron chi connectivity index (χ4n) is 3.77. The summed E-state index contributed by atoms with van der Waals surface area (Å²) in [5, 5.41) is 3.08. The molecule has 1 N–H and O–H groups in total. The molecule has 160 valence electrons. The van der Waals surface area contributed by atoms with E-state index in [0.717, 1.165) is 37.9 Å². The van der Waals surface area contributed by atoms with Crippen molar-refractivity contribution in [3.05, 3.63) is 53.5 Å². The molecule has 1 saturated heterocycles. The van der Waals surface area contributed by atoms with Crippen LogP contribution in [0.2, 0.25) is 0 Å². The summed E-state index contributed by atoms with van der Waals surface area (Å²) in [6.07, 6.45) is 4.11. The average Bonchev–Trinajstić information content (AvgIpc) is 2.77. The van der Waals surface area contributed by atoms with E-state index >= 15 is 0 Å². The van der Waals surface area contributed by atoms with Gasteiger partial charge in [-0.15, -0.1) is 0 Å². The SMILES string of the molecule is CNc1cc(CN(C)C(C)=O)nc(C2CCCCN2C(=O)CCc2ccccc2)n1. The number of hydrogen-bond acceptors (Lipinski definition) is 5. The van der Waals surface area contributed by atoms with Crippen LogP contribution in [0.3, 0.4) is 0 Å². The highest BCUT2D eigenvalue weighted by molar-refractivity contribution is 5.77. The average molecular weight is 410 g/mol. The number of anilines is 1. The molecular weight excluding hydrogens is 378 g/mol. The topological polar surface area (TPSA) is 78.4 Å². The number of carbonyl (C=O) groups excluding carboxylic acids is 2. The van der Waals surface area contributed by atoms with Crippen LogP contribution in [-0.2, 0) is 22.6 Å². The van der Waals surface area contributed by atoms with Gasteiger partial charge in [0, 0.05) is 40.1 Å². The zero-order valence-corrected chi connectivity index (χ0v) is 18.1. The van der Waals surface area contributed by atoms with Gasteiger partial charge < -0.3 is 15.1 Å². The minimum absolute atomic E-state index is 0.0171. The molecule has 7 nitrogen and oxygen atoms in total. The van der Waals surface area contributed by atoms with Crippen LogP contribution in [0, 0.1) is 0 Å². The molecular formula is C23H31N5O2. The summed E-state index contributed by atoms with van der Waals surface area (Å²) in [4.78, 5) is 37.7. The third-order valence-corrected chi connectivity index (χ3v) is 5.58. The fraction of sp³-hybridized carbons (Fsp3) is 0.478. The van der Waals surface area contributed by atoms with Gasteiger partial charge in [-0.05, 0) is 31.2 Å². The van der Waals surface area contributed by atoms with Crippen LogP contribution in [0.5, 0.6) is 0 Å². The lowest BCUT2D eigenvalue weighted by molar-refractivity contribution is -0.135. The maximum atomic E-state index is 13.1. The predicted molar refractivity (Wildman–Crippen MR) is 117 cm³/mol. The summed E-state index contributed by atoms with van der Waals surface area (Å²) >= 11 is 0. The van der Waals surface area contributed by atoms with Crippen molar-refractivity contribution in [3.8, 4) is 0 Å². The third-order valence-electron chi connectivity index (χ3n) is 5.58. The lowest BCUT2D eigenvalue weighted by atomic mass is 10.00.